The Morgan fingerprint density at radius 2 is 1.84 bits per heavy atom. The zero-order valence-electron chi connectivity index (χ0n) is 25.5. The molecule has 2 unspecified atom stereocenters. The maximum Gasteiger partial charge on any atom is 0.407 e. The minimum atomic E-state index is -0.953. The second-order valence-electron chi connectivity index (χ2n) is 11.2. The van der Waals surface area contributed by atoms with Gasteiger partial charge in [-0.15, -0.1) is 0 Å². The van der Waals surface area contributed by atoms with Gasteiger partial charge in [0.05, 0.1) is 44.7 Å². The molecule has 0 spiro atoms. The summed E-state index contributed by atoms with van der Waals surface area (Å²) in [7, 11) is 1.70. The van der Waals surface area contributed by atoms with E-state index in [4.69, 9.17) is 23.7 Å². The van der Waals surface area contributed by atoms with Gasteiger partial charge in [0.1, 0.15) is 36.3 Å². The Labute approximate surface area is 262 Å². The number of carboxylic acid groups (broad SMARTS) is 1. The van der Waals surface area contributed by atoms with Crippen molar-refractivity contribution in [1.82, 2.24) is 4.90 Å². The number of piperidine rings is 1. The number of benzene rings is 3. The first kappa shape index (κ1) is 32.5. The minimum Gasteiger partial charge on any atom is -0.491 e. The molecular formula is C34H40F2N2O7. The summed E-state index contributed by atoms with van der Waals surface area (Å²) in [5.74, 6) is 0.477. The lowest BCUT2D eigenvalue weighted by atomic mass is 9.87. The summed E-state index contributed by atoms with van der Waals surface area (Å²) in [6, 6.07) is 17.0. The van der Waals surface area contributed by atoms with E-state index in [2.05, 4.69) is 11.0 Å². The Bertz CT molecular complexity index is 1410. The van der Waals surface area contributed by atoms with Gasteiger partial charge < -0.3 is 38.6 Å². The average Bonchev–Trinajstić information content (AvgIpc) is 3.05. The maximum absolute atomic E-state index is 13.8. The van der Waals surface area contributed by atoms with Crippen LogP contribution in [0.15, 0.2) is 60.7 Å². The number of hydrogen-bond donors (Lipinski definition) is 1. The molecule has 0 aromatic heterocycles. The minimum absolute atomic E-state index is 0.00523. The van der Waals surface area contributed by atoms with Crippen LogP contribution < -0.4 is 14.4 Å². The molecule has 1 N–H and O–H groups in total. The van der Waals surface area contributed by atoms with E-state index in [1.165, 1.54) is 4.90 Å². The number of amides is 1. The summed E-state index contributed by atoms with van der Waals surface area (Å²) in [6.07, 6.45) is 0.266. The van der Waals surface area contributed by atoms with Crippen LogP contribution in [0.4, 0.5) is 19.3 Å². The molecule has 0 aliphatic carbocycles. The number of rotatable bonds is 14. The van der Waals surface area contributed by atoms with Gasteiger partial charge in [0.25, 0.3) is 0 Å². The Morgan fingerprint density at radius 3 is 2.64 bits per heavy atom. The zero-order chi connectivity index (χ0) is 31.6. The van der Waals surface area contributed by atoms with Crippen LogP contribution in [0.2, 0.25) is 0 Å². The van der Waals surface area contributed by atoms with Gasteiger partial charge in [-0.3, -0.25) is 0 Å². The van der Waals surface area contributed by atoms with Crippen molar-refractivity contribution in [3.05, 3.63) is 89.0 Å². The third-order valence-electron chi connectivity index (χ3n) is 8.12. The van der Waals surface area contributed by atoms with Crippen LogP contribution in [0.5, 0.6) is 11.5 Å². The number of halogens is 2. The number of carbonyl (C=O) groups is 1. The van der Waals surface area contributed by atoms with Crippen LogP contribution in [0.25, 0.3) is 0 Å². The van der Waals surface area contributed by atoms with Crippen molar-refractivity contribution in [3.63, 3.8) is 0 Å². The molecule has 45 heavy (non-hydrogen) atoms. The normalized spacial score (nSPS) is 17.9. The van der Waals surface area contributed by atoms with Gasteiger partial charge in [0.2, 0.25) is 0 Å². The molecule has 9 nitrogen and oxygen atoms in total. The first-order valence-corrected chi connectivity index (χ1v) is 15.2. The summed E-state index contributed by atoms with van der Waals surface area (Å²) < 4.78 is 55.8. The lowest BCUT2D eigenvalue weighted by molar-refractivity contribution is -0.0199. The molecule has 2 atom stereocenters. The predicted molar refractivity (Wildman–Crippen MR) is 164 cm³/mol. The van der Waals surface area contributed by atoms with E-state index in [1.807, 2.05) is 36.4 Å². The van der Waals surface area contributed by atoms with Crippen molar-refractivity contribution in [3.8, 4) is 11.5 Å². The molecular weight excluding hydrogens is 586 g/mol. The predicted octanol–water partition coefficient (Wildman–Crippen LogP) is 5.85. The maximum atomic E-state index is 13.8. The number of hydrogen-bond acceptors (Lipinski definition) is 7. The van der Waals surface area contributed by atoms with Crippen LogP contribution in [0.1, 0.15) is 35.4 Å². The van der Waals surface area contributed by atoms with Crippen molar-refractivity contribution in [1.29, 1.82) is 0 Å². The standard InChI is InChI=1S/C34H40F2N2O7/c1-41-15-2-12-37-14-16-44-32-10-3-24(19-31(32)37)22-45-33-21-38(34(39)40)13-11-29(33)25-4-7-28(8-5-25)43-18-17-42-23-26-20-27(35)6-9-30(26)36/h3-10,19-20,29,33H,2,11-18,21-23H2,1H3,(H,39,40). The third-order valence-corrected chi connectivity index (χ3v) is 8.12. The van der Waals surface area contributed by atoms with Crippen LogP contribution in [0.3, 0.4) is 0 Å². The fourth-order valence-electron chi connectivity index (χ4n) is 5.75. The molecule has 3 aromatic rings. The second-order valence-corrected chi connectivity index (χ2v) is 11.2. The highest BCUT2D eigenvalue weighted by Gasteiger charge is 2.33. The molecule has 2 aliphatic heterocycles. The van der Waals surface area contributed by atoms with Gasteiger partial charge in [0, 0.05) is 38.3 Å². The first-order valence-electron chi connectivity index (χ1n) is 15.2. The number of fused-ring (bicyclic) bond motifs is 1. The van der Waals surface area contributed by atoms with E-state index >= 15 is 0 Å². The molecule has 1 saturated heterocycles. The van der Waals surface area contributed by atoms with E-state index in [1.54, 1.807) is 7.11 Å². The lowest BCUT2D eigenvalue weighted by Crippen LogP contribution is -2.46. The smallest absolute Gasteiger partial charge is 0.407 e. The third kappa shape index (κ3) is 8.84. The monoisotopic (exact) mass is 626 g/mol. The van der Waals surface area contributed by atoms with Crippen LogP contribution in [0, 0.1) is 11.6 Å². The molecule has 1 fully saturated rings. The fraction of sp³-hybridized carbons (Fsp3) is 0.441. The molecule has 0 saturated carbocycles. The summed E-state index contributed by atoms with van der Waals surface area (Å²) in [4.78, 5) is 15.5. The number of ether oxygens (including phenoxy) is 5. The van der Waals surface area contributed by atoms with Crippen molar-refractivity contribution >= 4 is 11.8 Å². The lowest BCUT2D eigenvalue weighted by Gasteiger charge is -2.37. The molecule has 242 valence electrons. The van der Waals surface area contributed by atoms with Crippen molar-refractivity contribution in [2.75, 3.05) is 64.6 Å². The molecule has 2 aliphatic rings. The van der Waals surface area contributed by atoms with E-state index in [-0.39, 0.29) is 44.0 Å². The highest BCUT2D eigenvalue weighted by atomic mass is 19.1. The van der Waals surface area contributed by atoms with Gasteiger partial charge >= 0.3 is 6.09 Å². The number of likely N-dealkylation sites (tertiary alicyclic amines) is 1. The summed E-state index contributed by atoms with van der Waals surface area (Å²) in [6.45, 7) is 4.46. The molecule has 0 bridgehead atoms. The van der Waals surface area contributed by atoms with Gasteiger partial charge in [-0.2, -0.15) is 0 Å². The average molecular weight is 627 g/mol. The molecule has 2 heterocycles. The van der Waals surface area contributed by atoms with E-state index in [9.17, 15) is 18.7 Å². The van der Waals surface area contributed by atoms with E-state index in [0.29, 0.717) is 38.5 Å². The van der Waals surface area contributed by atoms with Crippen molar-refractivity contribution < 1.29 is 42.4 Å². The Balaban J connectivity index is 1.17. The summed E-state index contributed by atoms with van der Waals surface area (Å²) in [5.41, 5.74) is 3.23. The molecule has 1 amide bonds. The topological polar surface area (TPSA) is 89.9 Å². The Hall–Kier alpha value is -3.93. The largest absolute Gasteiger partial charge is 0.491 e. The van der Waals surface area contributed by atoms with Crippen molar-refractivity contribution in [2.45, 2.75) is 38.1 Å². The van der Waals surface area contributed by atoms with Gasteiger partial charge in [0.15, 0.2) is 0 Å². The molecule has 0 radical (unpaired) electrons. The number of nitrogens with zero attached hydrogens (tertiary/aromatic N) is 2. The summed E-state index contributed by atoms with van der Waals surface area (Å²) in [5, 5.41) is 9.68. The zero-order valence-corrected chi connectivity index (χ0v) is 25.5. The fourth-order valence-corrected chi connectivity index (χ4v) is 5.75. The number of methoxy groups -OCH3 is 1. The highest BCUT2D eigenvalue weighted by molar-refractivity contribution is 5.65. The molecule has 5 rings (SSSR count). The highest BCUT2D eigenvalue weighted by Crippen LogP contribution is 2.35. The second kappa shape index (κ2) is 15.9. The van der Waals surface area contributed by atoms with Crippen LogP contribution >= 0.6 is 0 Å². The SMILES string of the molecule is COCCCN1CCOc2ccc(COC3CN(C(=O)O)CCC3c3ccc(OCCOCc4cc(F)ccc4F)cc3)cc21. The first-order chi connectivity index (χ1) is 21.9. The summed E-state index contributed by atoms with van der Waals surface area (Å²) >= 11 is 0. The molecule has 11 heteroatoms. The Morgan fingerprint density at radius 1 is 1.00 bits per heavy atom. The quantitative estimate of drug-likeness (QED) is 0.223. The van der Waals surface area contributed by atoms with Gasteiger partial charge in [-0.25, -0.2) is 13.6 Å². The van der Waals surface area contributed by atoms with Gasteiger partial charge in [-0.05, 0) is 66.4 Å². The van der Waals surface area contributed by atoms with E-state index in [0.717, 1.165) is 60.3 Å². The van der Waals surface area contributed by atoms with E-state index < -0.39 is 17.7 Å². The van der Waals surface area contributed by atoms with Crippen molar-refractivity contribution in [2.24, 2.45) is 0 Å². The van der Waals surface area contributed by atoms with Crippen LogP contribution in [-0.2, 0) is 27.4 Å². The van der Waals surface area contributed by atoms with Crippen LogP contribution in [-0.4, -0.2) is 81.9 Å². The Kier molecular flexibility index (Phi) is 11.5. The van der Waals surface area contributed by atoms with Gasteiger partial charge in [-0.1, -0.05) is 18.2 Å². The number of anilines is 1. The molecule has 3 aromatic carbocycles.